The van der Waals surface area contributed by atoms with Crippen LogP contribution in [0.1, 0.15) is 25.0 Å². The number of ether oxygens (including phenoxy) is 3. The molecule has 1 aliphatic heterocycles. The molecule has 0 saturated carbocycles. The maximum absolute atomic E-state index is 12.3. The molecular weight excluding hydrogens is 288 g/mol. The molecule has 0 N–H and O–H groups in total. The van der Waals surface area contributed by atoms with Gasteiger partial charge in [-0.25, -0.2) is 0 Å². The van der Waals surface area contributed by atoms with E-state index < -0.39 is 35.3 Å². The van der Waals surface area contributed by atoms with E-state index in [1.807, 2.05) is 6.07 Å². The Bertz CT molecular complexity index is 582. The van der Waals surface area contributed by atoms with Gasteiger partial charge in [0.2, 0.25) is 0 Å². The van der Waals surface area contributed by atoms with E-state index >= 15 is 0 Å². The Morgan fingerprint density at radius 1 is 1.18 bits per heavy atom. The third kappa shape index (κ3) is 2.68. The second-order valence-electron chi connectivity index (χ2n) is 5.39. The van der Waals surface area contributed by atoms with E-state index in [-0.39, 0.29) is 6.42 Å². The van der Waals surface area contributed by atoms with Crippen LogP contribution in [0.25, 0.3) is 0 Å². The van der Waals surface area contributed by atoms with Gasteiger partial charge in [0.1, 0.15) is 6.10 Å². The molecule has 1 aromatic carbocycles. The number of hydrogen-bond acceptors (Lipinski definition) is 6. The summed E-state index contributed by atoms with van der Waals surface area (Å²) in [4.78, 5) is 36.3. The van der Waals surface area contributed by atoms with Crippen molar-refractivity contribution in [2.24, 2.45) is 11.3 Å². The number of methoxy groups -OCH3 is 2. The van der Waals surface area contributed by atoms with Crippen LogP contribution in [0.3, 0.4) is 0 Å². The van der Waals surface area contributed by atoms with Crippen LogP contribution in [0.5, 0.6) is 0 Å². The van der Waals surface area contributed by atoms with Gasteiger partial charge in [-0.2, -0.15) is 0 Å². The molecule has 1 aromatic rings. The van der Waals surface area contributed by atoms with Gasteiger partial charge in [-0.15, -0.1) is 0 Å². The Morgan fingerprint density at radius 2 is 1.82 bits per heavy atom. The average molecular weight is 306 g/mol. The van der Waals surface area contributed by atoms with Crippen LogP contribution < -0.4 is 0 Å². The predicted octanol–water partition coefficient (Wildman–Crippen LogP) is 1.64. The maximum Gasteiger partial charge on any atom is 0.323 e. The fraction of sp³-hybridized carbons (Fsp3) is 0.438. The van der Waals surface area contributed by atoms with Crippen molar-refractivity contribution >= 4 is 17.9 Å². The molecule has 0 unspecified atom stereocenters. The first-order valence-electron chi connectivity index (χ1n) is 6.86. The minimum atomic E-state index is -1.51. The minimum Gasteiger partial charge on any atom is -0.469 e. The summed E-state index contributed by atoms with van der Waals surface area (Å²) in [6.45, 7) is 1.42. The molecule has 1 aliphatic rings. The summed E-state index contributed by atoms with van der Waals surface area (Å²) >= 11 is 0. The zero-order valence-corrected chi connectivity index (χ0v) is 12.7. The van der Waals surface area contributed by atoms with E-state index in [4.69, 9.17) is 9.47 Å². The lowest BCUT2D eigenvalue weighted by atomic mass is 9.75. The van der Waals surface area contributed by atoms with Gasteiger partial charge in [0.05, 0.1) is 20.1 Å². The van der Waals surface area contributed by atoms with Crippen molar-refractivity contribution in [2.45, 2.75) is 19.4 Å². The number of benzene rings is 1. The van der Waals surface area contributed by atoms with Gasteiger partial charge < -0.3 is 14.2 Å². The molecule has 0 radical (unpaired) electrons. The van der Waals surface area contributed by atoms with Gasteiger partial charge in [0, 0.05) is 0 Å². The summed E-state index contributed by atoms with van der Waals surface area (Å²) in [5.41, 5.74) is -0.836. The van der Waals surface area contributed by atoms with Crippen LogP contribution in [-0.4, -0.2) is 32.1 Å². The molecule has 0 bridgehead atoms. The lowest BCUT2D eigenvalue weighted by Gasteiger charge is -2.38. The van der Waals surface area contributed by atoms with Crippen LogP contribution >= 0.6 is 0 Å². The zero-order valence-electron chi connectivity index (χ0n) is 12.7. The summed E-state index contributed by atoms with van der Waals surface area (Å²) in [7, 11) is 2.45. The largest absolute Gasteiger partial charge is 0.469 e. The van der Waals surface area contributed by atoms with Gasteiger partial charge in [-0.05, 0) is 18.9 Å². The standard InChI is InChI=1S/C16H18O6/c1-16(14(18)21-3)9-11(13(17)20-2)12(22-15(16)19)10-7-5-4-6-8-10/h4-8,11-12H,9H2,1-3H3/t11-,12-,16-/m0/s1. The van der Waals surface area contributed by atoms with E-state index in [1.54, 1.807) is 24.3 Å². The van der Waals surface area contributed by atoms with E-state index in [1.165, 1.54) is 21.1 Å². The fourth-order valence-electron chi connectivity index (χ4n) is 2.65. The molecule has 22 heavy (non-hydrogen) atoms. The number of hydrogen-bond donors (Lipinski definition) is 0. The normalized spacial score (nSPS) is 27.7. The van der Waals surface area contributed by atoms with E-state index in [0.717, 1.165) is 0 Å². The molecule has 2 rings (SSSR count). The Hall–Kier alpha value is -2.37. The number of carbonyl (C=O) groups excluding carboxylic acids is 3. The Morgan fingerprint density at radius 3 is 2.36 bits per heavy atom. The van der Waals surface area contributed by atoms with Gasteiger partial charge in [0.15, 0.2) is 5.41 Å². The highest BCUT2D eigenvalue weighted by molar-refractivity contribution is 6.01. The van der Waals surface area contributed by atoms with E-state index in [0.29, 0.717) is 5.56 Å². The highest BCUT2D eigenvalue weighted by Crippen LogP contribution is 2.43. The van der Waals surface area contributed by atoms with E-state index in [9.17, 15) is 14.4 Å². The first kappa shape index (κ1) is 16.0. The summed E-state index contributed by atoms with van der Waals surface area (Å²) in [5.74, 6) is -2.73. The van der Waals surface area contributed by atoms with Crippen LogP contribution in [0.4, 0.5) is 0 Å². The number of rotatable bonds is 3. The Kier molecular flexibility index (Phi) is 4.49. The Labute approximate surface area is 128 Å². The first-order chi connectivity index (χ1) is 10.4. The van der Waals surface area contributed by atoms with Crippen molar-refractivity contribution in [3.05, 3.63) is 35.9 Å². The SMILES string of the molecule is COC(=O)[C@H]1C[C@@](C)(C(=O)OC)C(=O)O[C@H]1c1ccccc1. The van der Waals surface area contributed by atoms with Crippen LogP contribution in [0.15, 0.2) is 30.3 Å². The highest BCUT2D eigenvalue weighted by Gasteiger charge is 2.54. The van der Waals surface area contributed by atoms with Gasteiger partial charge in [-0.3, -0.25) is 14.4 Å². The van der Waals surface area contributed by atoms with Crippen LogP contribution in [0, 0.1) is 11.3 Å². The summed E-state index contributed by atoms with van der Waals surface area (Å²) in [6.07, 6.45) is -0.802. The summed E-state index contributed by atoms with van der Waals surface area (Å²) in [5, 5.41) is 0. The topological polar surface area (TPSA) is 78.9 Å². The Balaban J connectivity index is 2.39. The van der Waals surface area contributed by atoms with Crippen molar-refractivity contribution in [3.63, 3.8) is 0 Å². The van der Waals surface area contributed by atoms with Crippen LogP contribution in [-0.2, 0) is 28.6 Å². The second-order valence-corrected chi connectivity index (χ2v) is 5.39. The highest BCUT2D eigenvalue weighted by atomic mass is 16.6. The summed E-state index contributed by atoms with van der Waals surface area (Å²) < 4.78 is 14.9. The zero-order chi connectivity index (χ0) is 16.3. The van der Waals surface area contributed by atoms with Gasteiger partial charge >= 0.3 is 17.9 Å². The molecule has 0 aromatic heterocycles. The monoisotopic (exact) mass is 306 g/mol. The minimum absolute atomic E-state index is 0.0231. The molecule has 0 aliphatic carbocycles. The first-order valence-corrected chi connectivity index (χ1v) is 6.86. The number of cyclic esters (lactones) is 1. The lowest BCUT2D eigenvalue weighted by Crippen LogP contribution is -2.48. The van der Waals surface area contributed by atoms with Crippen molar-refractivity contribution in [1.29, 1.82) is 0 Å². The van der Waals surface area contributed by atoms with Crippen molar-refractivity contribution in [1.82, 2.24) is 0 Å². The lowest BCUT2D eigenvalue weighted by molar-refractivity contribution is -0.191. The molecular formula is C16H18O6. The number of esters is 3. The summed E-state index contributed by atoms with van der Waals surface area (Å²) in [6, 6.07) is 8.90. The fourth-order valence-corrected chi connectivity index (χ4v) is 2.65. The van der Waals surface area contributed by atoms with Gasteiger partial charge in [-0.1, -0.05) is 30.3 Å². The predicted molar refractivity (Wildman–Crippen MR) is 75.5 cm³/mol. The van der Waals surface area contributed by atoms with Crippen molar-refractivity contribution in [2.75, 3.05) is 14.2 Å². The van der Waals surface area contributed by atoms with Crippen molar-refractivity contribution < 1.29 is 28.6 Å². The molecule has 6 heteroatoms. The number of carbonyl (C=O) groups is 3. The van der Waals surface area contributed by atoms with Gasteiger partial charge in [0.25, 0.3) is 0 Å². The molecule has 3 atom stereocenters. The molecule has 1 saturated heterocycles. The third-order valence-electron chi connectivity index (χ3n) is 3.95. The average Bonchev–Trinajstić information content (AvgIpc) is 2.56. The second kappa shape index (κ2) is 6.17. The maximum atomic E-state index is 12.3. The van der Waals surface area contributed by atoms with E-state index in [2.05, 4.69) is 4.74 Å². The van der Waals surface area contributed by atoms with Crippen molar-refractivity contribution in [3.8, 4) is 0 Å². The molecule has 1 heterocycles. The third-order valence-corrected chi connectivity index (χ3v) is 3.95. The molecule has 6 nitrogen and oxygen atoms in total. The smallest absolute Gasteiger partial charge is 0.323 e. The molecule has 0 amide bonds. The van der Waals surface area contributed by atoms with Crippen LogP contribution in [0.2, 0.25) is 0 Å². The molecule has 118 valence electrons. The molecule has 1 fully saturated rings. The molecule has 0 spiro atoms. The quantitative estimate of drug-likeness (QED) is 0.480.